The highest BCUT2D eigenvalue weighted by molar-refractivity contribution is 5.70. The lowest BCUT2D eigenvalue weighted by Crippen LogP contribution is -2.07. The number of para-hydroxylation sites is 1. The number of aryl methyl sites for hydroxylation is 1. The highest BCUT2D eigenvalue weighted by Gasteiger charge is 2.30. The quantitative estimate of drug-likeness (QED) is 0.144. The van der Waals surface area contributed by atoms with E-state index in [1.54, 1.807) is 6.20 Å². The average Bonchev–Trinajstić information content (AvgIpc) is 3.22. The lowest BCUT2D eigenvalue weighted by molar-refractivity contribution is -0.138. The lowest BCUT2D eigenvalue weighted by Gasteiger charge is -2.13. The summed E-state index contributed by atoms with van der Waals surface area (Å²) in [6.07, 6.45) is 0.829. The molecule has 0 unspecified atom stereocenters. The molecule has 1 aromatic carbocycles. The van der Waals surface area contributed by atoms with Gasteiger partial charge in [0.05, 0.1) is 17.9 Å². The molecule has 0 bridgehead atoms. The van der Waals surface area contributed by atoms with Crippen molar-refractivity contribution in [2.45, 2.75) is 58.5 Å². The number of ether oxygens (including phenoxy) is 2. The first-order valence-corrected chi connectivity index (χ1v) is 11.4. The molecule has 2 heterocycles. The van der Waals surface area contributed by atoms with Crippen LogP contribution in [-0.4, -0.2) is 27.3 Å². The molecule has 0 radical (unpaired) electrons. The van der Waals surface area contributed by atoms with E-state index in [4.69, 9.17) is 9.47 Å². The minimum Gasteiger partial charge on any atom is -0.487 e. The zero-order chi connectivity index (χ0) is 25.6. The van der Waals surface area contributed by atoms with Gasteiger partial charge in [-0.05, 0) is 55.5 Å². The number of halogens is 4. The molecule has 0 fully saturated rings. The molecule has 0 saturated heterocycles. The van der Waals surface area contributed by atoms with Gasteiger partial charge in [0.25, 0.3) is 0 Å². The van der Waals surface area contributed by atoms with Gasteiger partial charge < -0.3 is 9.47 Å². The molecule has 0 aliphatic heterocycles. The molecule has 0 N–H and O–H groups in total. The topological polar surface area (TPSA) is 66.2 Å². The van der Waals surface area contributed by atoms with Crippen LogP contribution >= 0.6 is 0 Å². The first-order valence-electron chi connectivity index (χ1n) is 11.4. The van der Waals surface area contributed by atoms with Crippen molar-refractivity contribution in [3.8, 4) is 17.3 Å². The van der Waals surface area contributed by atoms with Crippen molar-refractivity contribution in [1.29, 1.82) is 0 Å². The van der Waals surface area contributed by atoms with E-state index in [2.05, 4.69) is 10.1 Å². The van der Waals surface area contributed by atoms with Crippen LogP contribution in [0.4, 0.5) is 17.6 Å². The van der Waals surface area contributed by atoms with Gasteiger partial charge in [-0.3, -0.25) is 4.79 Å². The predicted molar refractivity (Wildman–Crippen MR) is 121 cm³/mol. The largest absolute Gasteiger partial charge is 0.487 e. The summed E-state index contributed by atoms with van der Waals surface area (Å²) >= 11 is 0. The van der Waals surface area contributed by atoms with E-state index < -0.39 is 23.5 Å². The summed E-state index contributed by atoms with van der Waals surface area (Å²) in [5, 5.41) is 4.63. The average molecular weight is 494 g/mol. The second-order valence-electron chi connectivity index (χ2n) is 8.01. The Morgan fingerprint density at radius 2 is 1.89 bits per heavy atom. The Labute approximate surface area is 200 Å². The van der Waals surface area contributed by atoms with E-state index in [0.29, 0.717) is 12.8 Å². The Balaban J connectivity index is 1.76. The highest BCUT2D eigenvalue weighted by atomic mass is 19.4. The number of rotatable bonds is 10. The number of hydrogen-bond donors (Lipinski definition) is 0. The zero-order valence-electron chi connectivity index (χ0n) is 19.7. The van der Waals surface area contributed by atoms with Gasteiger partial charge >= 0.3 is 12.1 Å². The van der Waals surface area contributed by atoms with Gasteiger partial charge in [-0.1, -0.05) is 19.9 Å². The molecule has 0 saturated carbocycles. The number of nitrogens with zero attached hydrogens (tertiary/aromatic N) is 3. The Morgan fingerprint density at radius 3 is 2.49 bits per heavy atom. The van der Waals surface area contributed by atoms with Crippen LogP contribution < -0.4 is 9.47 Å². The molecule has 3 aromatic rings. The molecule has 0 aliphatic carbocycles. The van der Waals surface area contributed by atoms with Crippen LogP contribution in [0.25, 0.3) is 5.82 Å². The molecule has 3 rings (SSSR count). The third-order valence-corrected chi connectivity index (χ3v) is 5.53. The Morgan fingerprint density at radius 1 is 1.14 bits per heavy atom. The van der Waals surface area contributed by atoms with E-state index in [-0.39, 0.29) is 29.8 Å². The molecular formula is C25H27F4N3O3. The molecule has 35 heavy (non-hydrogen) atoms. The summed E-state index contributed by atoms with van der Waals surface area (Å²) in [5.74, 6) is -0.889. The van der Waals surface area contributed by atoms with E-state index in [1.807, 2.05) is 13.8 Å². The van der Waals surface area contributed by atoms with Gasteiger partial charge in [0, 0.05) is 25.2 Å². The maximum atomic E-state index is 14.2. The number of esters is 1. The first kappa shape index (κ1) is 26.2. The number of benzene rings is 1. The van der Waals surface area contributed by atoms with Crippen molar-refractivity contribution in [1.82, 2.24) is 14.8 Å². The minimum atomic E-state index is -4.46. The SMILES string of the molecule is CCC(CC)c1nn(-c2ccc(C(F)(F)F)cn2)cc1CCCOc1c(F)cccc1OC(C)=O. The second kappa shape index (κ2) is 11.3. The van der Waals surface area contributed by atoms with E-state index in [1.165, 1.54) is 35.9 Å². The van der Waals surface area contributed by atoms with Crippen molar-refractivity contribution in [2.75, 3.05) is 6.61 Å². The molecule has 188 valence electrons. The van der Waals surface area contributed by atoms with Crippen molar-refractivity contribution < 1.29 is 31.8 Å². The van der Waals surface area contributed by atoms with Crippen LogP contribution in [0.3, 0.4) is 0 Å². The maximum Gasteiger partial charge on any atom is 0.417 e. The summed E-state index contributed by atoms with van der Waals surface area (Å²) in [7, 11) is 0. The molecule has 10 heteroatoms. The Kier molecular flexibility index (Phi) is 8.48. The third kappa shape index (κ3) is 6.58. The summed E-state index contributed by atoms with van der Waals surface area (Å²) in [4.78, 5) is 15.2. The smallest absolute Gasteiger partial charge is 0.417 e. The van der Waals surface area contributed by atoms with Crippen LogP contribution in [-0.2, 0) is 17.4 Å². The fourth-order valence-electron chi connectivity index (χ4n) is 3.74. The fraction of sp³-hybridized carbons (Fsp3) is 0.400. The fourth-order valence-corrected chi connectivity index (χ4v) is 3.74. The van der Waals surface area contributed by atoms with E-state index in [0.717, 1.165) is 36.4 Å². The van der Waals surface area contributed by atoms with Gasteiger partial charge in [-0.15, -0.1) is 0 Å². The number of carbonyl (C=O) groups excluding carboxylic acids is 1. The van der Waals surface area contributed by atoms with E-state index in [9.17, 15) is 22.4 Å². The number of aromatic nitrogens is 3. The number of alkyl halides is 3. The van der Waals surface area contributed by atoms with Crippen LogP contribution in [0.5, 0.6) is 11.5 Å². The lowest BCUT2D eigenvalue weighted by atomic mass is 9.95. The molecule has 0 aliphatic rings. The third-order valence-electron chi connectivity index (χ3n) is 5.53. The van der Waals surface area contributed by atoms with Crippen LogP contribution in [0, 0.1) is 5.82 Å². The monoisotopic (exact) mass is 493 g/mol. The zero-order valence-corrected chi connectivity index (χ0v) is 19.7. The van der Waals surface area contributed by atoms with Crippen molar-refractivity contribution in [3.63, 3.8) is 0 Å². The predicted octanol–water partition coefficient (Wildman–Crippen LogP) is 6.27. The molecule has 2 aromatic heterocycles. The van der Waals surface area contributed by atoms with Gasteiger partial charge in [-0.2, -0.15) is 18.3 Å². The number of hydrogen-bond acceptors (Lipinski definition) is 5. The number of carbonyl (C=O) groups is 1. The van der Waals surface area contributed by atoms with Crippen LogP contribution in [0.1, 0.15) is 62.8 Å². The minimum absolute atomic E-state index is 0.0106. The van der Waals surface area contributed by atoms with Crippen LogP contribution in [0.15, 0.2) is 42.7 Å². The normalized spacial score (nSPS) is 11.7. The summed E-state index contributed by atoms with van der Waals surface area (Å²) in [6, 6.07) is 6.35. The number of pyridine rings is 1. The maximum absolute atomic E-state index is 14.2. The Bertz CT molecular complexity index is 1140. The van der Waals surface area contributed by atoms with Gasteiger partial charge in [0.1, 0.15) is 0 Å². The van der Waals surface area contributed by atoms with Crippen molar-refractivity contribution in [2.24, 2.45) is 0 Å². The summed E-state index contributed by atoms with van der Waals surface area (Å²) < 4.78 is 64.9. The first-order chi connectivity index (χ1) is 16.6. The molecule has 0 spiro atoms. The molecule has 0 atom stereocenters. The van der Waals surface area contributed by atoms with E-state index >= 15 is 0 Å². The van der Waals surface area contributed by atoms with Crippen molar-refractivity contribution >= 4 is 5.97 Å². The Hall–Kier alpha value is -3.43. The van der Waals surface area contributed by atoms with Gasteiger partial charge in [-0.25, -0.2) is 14.1 Å². The molecular weight excluding hydrogens is 466 g/mol. The molecule has 0 amide bonds. The van der Waals surface area contributed by atoms with Gasteiger partial charge in [0.15, 0.2) is 23.1 Å². The van der Waals surface area contributed by atoms with Crippen LogP contribution in [0.2, 0.25) is 0 Å². The van der Waals surface area contributed by atoms with Crippen molar-refractivity contribution in [3.05, 3.63) is 65.4 Å². The highest BCUT2D eigenvalue weighted by Crippen LogP contribution is 2.32. The standard InChI is InChI=1S/C25H27F4N3O3/c1-4-17(5-2)23-18(15-32(31-23)22-12-11-19(14-30-22)25(27,28)29)8-7-13-34-24-20(26)9-6-10-21(24)35-16(3)33/h6,9-12,14-15,17H,4-5,7-8,13H2,1-3H3. The second-order valence-corrected chi connectivity index (χ2v) is 8.01. The molecule has 6 nitrogen and oxygen atoms in total. The van der Waals surface area contributed by atoms with Gasteiger partial charge in [0.2, 0.25) is 0 Å². The summed E-state index contributed by atoms with van der Waals surface area (Å²) in [5.41, 5.74) is 0.938. The summed E-state index contributed by atoms with van der Waals surface area (Å²) in [6.45, 7) is 5.47.